The number of unbranched alkanes of at least 4 members (excludes halogenated alkanes) is 12. The minimum atomic E-state index is -0.740. The van der Waals surface area contributed by atoms with Gasteiger partial charge in [-0.3, -0.25) is 4.79 Å². The summed E-state index contributed by atoms with van der Waals surface area (Å²) < 4.78 is 0. The molecule has 20 heavy (non-hydrogen) atoms. The van der Waals surface area contributed by atoms with Gasteiger partial charge in [0.05, 0.1) is 6.42 Å². The number of hydrogen-bond donors (Lipinski definition) is 1. The molecule has 0 spiro atoms. The fraction of sp³-hybridized carbons (Fsp3) is 0.833. The first kappa shape index (κ1) is 19.2. The molecular weight excluding hydrogens is 248 g/mol. The lowest BCUT2D eigenvalue weighted by Crippen LogP contribution is -1.89. The maximum Gasteiger partial charge on any atom is 0.307 e. The third-order valence-corrected chi connectivity index (χ3v) is 3.68. The maximum atomic E-state index is 10.3. The number of carboxylic acids is 1. The van der Waals surface area contributed by atoms with Gasteiger partial charge in [-0.1, -0.05) is 89.7 Å². The second kappa shape index (κ2) is 16.3. The van der Waals surface area contributed by atoms with Crippen molar-refractivity contribution in [2.24, 2.45) is 0 Å². The van der Waals surface area contributed by atoms with Gasteiger partial charge in [0, 0.05) is 0 Å². The molecule has 0 unspecified atom stereocenters. The van der Waals surface area contributed by atoms with E-state index >= 15 is 0 Å². The van der Waals surface area contributed by atoms with Gasteiger partial charge in [0.25, 0.3) is 0 Å². The fourth-order valence-corrected chi connectivity index (χ4v) is 2.41. The van der Waals surface area contributed by atoms with E-state index in [9.17, 15) is 4.79 Å². The van der Waals surface area contributed by atoms with Crippen LogP contribution in [-0.2, 0) is 4.79 Å². The summed E-state index contributed by atoms with van der Waals surface area (Å²) in [4.78, 5) is 10.3. The van der Waals surface area contributed by atoms with Crippen LogP contribution in [-0.4, -0.2) is 11.1 Å². The number of rotatable bonds is 15. The zero-order valence-corrected chi connectivity index (χ0v) is 13.4. The first-order valence-corrected chi connectivity index (χ1v) is 8.64. The van der Waals surface area contributed by atoms with E-state index in [2.05, 4.69) is 6.92 Å². The van der Waals surface area contributed by atoms with Crippen LogP contribution in [0.15, 0.2) is 12.2 Å². The summed E-state index contributed by atoms with van der Waals surface area (Å²) in [6.45, 7) is 2.27. The molecule has 0 aliphatic heterocycles. The summed E-state index contributed by atoms with van der Waals surface area (Å²) in [7, 11) is 0. The SMILES string of the molecule is CCCCCCCCCCCCCC/C=C\CC(=O)O. The van der Waals surface area contributed by atoms with Crippen molar-refractivity contribution >= 4 is 5.97 Å². The largest absolute Gasteiger partial charge is 0.481 e. The second-order valence-electron chi connectivity index (χ2n) is 5.75. The third-order valence-electron chi connectivity index (χ3n) is 3.68. The minimum absolute atomic E-state index is 0.165. The Morgan fingerprint density at radius 1 is 0.750 bits per heavy atom. The van der Waals surface area contributed by atoms with Gasteiger partial charge < -0.3 is 5.11 Å². The summed E-state index contributed by atoms with van der Waals surface area (Å²) in [6.07, 6.45) is 21.4. The van der Waals surface area contributed by atoms with E-state index in [0.29, 0.717) is 0 Å². The Balaban J connectivity index is 3.02. The van der Waals surface area contributed by atoms with Crippen LogP contribution < -0.4 is 0 Å². The average Bonchev–Trinajstić information content (AvgIpc) is 2.43. The van der Waals surface area contributed by atoms with Crippen molar-refractivity contribution in [1.29, 1.82) is 0 Å². The number of carbonyl (C=O) groups is 1. The summed E-state index contributed by atoms with van der Waals surface area (Å²) in [6, 6.07) is 0. The molecule has 0 aromatic carbocycles. The Morgan fingerprint density at radius 3 is 1.65 bits per heavy atom. The third kappa shape index (κ3) is 17.2. The smallest absolute Gasteiger partial charge is 0.307 e. The van der Waals surface area contributed by atoms with Gasteiger partial charge in [-0.25, -0.2) is 0 Å². The van der Waals surface area contributed by atoms with Crippen LogP contribution in [0.1, 0.15) is 96.8 Å². The van der Waals surface area contributed by atoms with E-state index in [1.54, 1.807) is 6.08 Å². The molecule has 0 saturated heterocycles. The van der Waals surface area contributed by atoms with E-state index in [0.717, 1.165) is 6.42 Å². The van der Waals surface area contributed by atoms with Crippen LogP contribution >= 0.6 is 0 Å². The van der Waals surface area contributed by atoms with Crippen LogP contribution in [0.5, 0.6) is 0 Å². The van der Waals surface area contributed by atoms with Crippen LogP contribution in [0, 0.1) is 0 Å². The molecule has 0 amide bonds. The number of allylic oxidation sites excluding steroid dienone is 1. The highest BCUT2D eigenvalue weighted by Crippen LogP contribution is 2.12. The molecule has 0 aliphatic carbocycles. The molecule has 0 rings (SSSR count). The van der Waals surface area contributed by atoms with Gasteiger partial charge >= 0.3 is 5.97 Å². The highest BCUT2D eigenvalue weighted by molar-refractivity contribution is 5.68. The molecule has 0 heterocycles. The molecule has 0 atom stereocenters. The Labute approximate surface area is 125 Å². The first-order valence-electron chi connectivity index (χ1n) is 8.64. The lowest BCUT2D eigenvalue weighted by atomic mass is 10.0. The molecule has 0 radical (unpaired) electrons. The van der Waals surface area contributed by atoms with Gasteiger partial charge in [-0.05, 0) is 12.8 Å². The van der Waals surface area contributed by atoms with E-state index in [1.807, 2.05) is 6.08 Å². The molecule has 0 bridgehead atoms. The van der Waals surface area contributed by atoms with Gasteiger partial charge in [0.1, 0.15) is 0 Å². The summed E-state index contributed by atoms with van der Waals surface area (Å²) >= 11 is 0. The van der Waals surface area contributed by atoms with E-state index in [-0.39, 0.29) is 6.42 Å². The normalized spacial score (nSPS) is 11.2. The van der Waals surface area contributed by atoms with Crippen molar-refractivity contribution in [3.8, 4) is 0 Å². The Kier molecular flexibility index (Phi) is 15.6. The minimum Gasteiger partial charge on any atom is -0.481 e. The van der Waals surface area contributed by atoms with Crippen LogP contribution in [0.2, 0.25) is 0 Å². The van der Waals surface area contributed by atoms with Gasteiger partial charge in [-0.2, -0.15) is 0 Å². The highest BCUT2D eigenvalue weighted by Gasteiger charge is 1.93. The van der Waals surface area contributed by atoms with Crippen molar-refractivity contribution in [2.75, 3.05) is 0 Å². The Hall–Kier alpha value is -0.790. The van der Waals surface area contributed by atoms with Gasteiger partial charge in [0.15, 0.2) is 0 Å². The van der Waals surface area contributed by atoms with Crippen molar-refractivity contribution in [3.05, 3.63) is 12.2 Å². The number of hydrogen-bond acceptors (Lipinski definition) is 1. The molecule has 2 nitrogen and oxygen atoms in total. The summed E-state index contributed by atoms with van der Waals surface area (Å²) in [5.41, 5.74) is 0. The topological polar surface area (TPSA) is 37.3 Å². The van der Waals surface area contributed by atoms with E-state index in [1.165, 1.54) is 77.0 Å². The van der Waals surface area contributed by atoms with Crippen molar-refractivity contribution in [2.45, 2.75) is 96.8 Å². The molecule has 0 saturated carbocycles. The predicted octanol–water partition coefficient (Wildman–Crippen LogP) is 6.11. The zero-order valence-electron chi connectivity index (χ0n) is 13.4. The Morgan fingerprint density at radius 2 is 1.20 bits per heavy atom. The lowest BCUT2D eigenvalue weighted by molar-refractivity contribution is -0.136. The molecule has 0 aromatic heterocycles. The summed E-state index contributed by atoms with van der Waals surface area (Å²) in [5, 5.41) is 8.47. The standard InChI is InChI=1S/C18H34O2/c1-2-3-4-5-6-7-8-9-10-11-12-13-14-15-16-17-18(19)20/h15-16H,2-14,17H2,1H3,(H,19,20)/b16-15-. The maximum absolute atomic E-state index is 10.3. The molecular formula is C18H34O2. The van der Waals surface area contributed by atoms with Crippen molar-refractivity contribution in [1.82, 2.24) is 0 Å². The number of carboxylic acid groups (broad SMARTS) is 1. The molecule has 118 valence electrons. The highest BCUT2D eigenvalue weighted by atomic mass is 16.4. The molecule has 2 heteroatoms. The van der Waals surface area contributed by atoms with Crippen molar-refractivity contribution in [3.63, 3.8) is 0 Å². The lowest BCUT2D eigenvalue weighted by Gasteiger charge is -2.02. The molecule has 0 fully saturated rings. The fourth-order valence-electron chi connectivity index (χ4n) is 2.41. The summed E-state index contributed by atoms with van der Waals surface area (Å²) in [5.74, 6) is -0.740. The van der Waals surface area contributed by atoms with Crippen molar-refractivity contribution < 1.29 is 9.90 Å². The van der Waals surface area contributed by atoms with E-state index in [4.69, 9.17) is 5.11 Å². The monoisotopic (exact) mass is 282 g/mol. The van der Waals surface area contributed by atoms with Crippen LogP contribution in [0.4, 0.5) is 0 Å². The van der Waals surface area contributed by atoms with E-state index < -0.39 is 5.97 Å². The molecule has 0 aliphatic rings. The van der Waals surface area contributed by atoms with Crippen LogP contribution in [0.25, 0.3) is 0 Å². The number of aliphatic carboxylic acids is 1. The first-order chi connectivity index (χ1) is 9.77. The van der Waals surface area contributed by atoms with Crippen LogP contribution in [0.3, 0.4) is 0 Å². The molecule has 0 aromatic rings. The quantitative estimate of drug-likeness (QED) is 0.291. The second-order valence-corrected chi connectivity index (χ2v) is 5.75. The Bertz CT molecular complexity index is 234. The molecule has 1 N–H and O–H groups in total. The predicted molar refractivity (Wildman–Crippen MR) is 87.1 cm³/mol. The zero-order chi connectivity index (χ0) is 14.9. The van der Waals surface area contributed by atoms with Gasteiger partial charge in [-0.15, -0.1) is 0 Å². The van der Waals surface area contributed by atoms with Gasteiger partial charge in [0.2, 0.25) is 0 Å². The average molecular weight is 282 g/mol.